The molecule has 0 saturated heterocycles. The molecule has 0 heterocycles. The fourth-order valence-electron chi connectivity index (χ4n) is 3.81. The third-order valence-corrected chi connectivity index (χ3v) is 10.4. The third-order valence-electron chi connectivity index (χ3n) is 5.85. The van der Waals surface area contributed by atoms with Crippen LogP contribution in [0.25, 0.3) is 0 Å². The highest BCUT2D eigenvalue weighted by Crippen LogP contribution is 2.41. The average molecular weight is 399 g/mol. The number of hydrogen-bond donors (Lipinski definition) is 1. The maximum absolute atomic E-state index is 12.3. The molecule has 1 fully saturated rings. The second-order valence-corrected chi connectivity index (χ2v) is 12.3. The summed E-state index contributed by atoms with van der Waals surface area (Å²) in [5.74, 6) is -3.10. The van der Waals surface area contributed by atoms with Gasteiger partial charge in [-0.25, -0.2) is 0 Å². The van der Waals surface area contributed by atoms with Crippen LogP contribution in [0.5, 0.6) is 0 Å². The van der Waals surface area contributed by atoms with E-state index in [0.29, 0.717) is 12.2 Å². The van der Waals surface area contributed by atoms with Gasteiger partial charge in [0.1, 0.15) is 0 Å². The number of hydrogen-bond acceptors (Lipinski definition) is 5. The Hall–Kier alpha value is -1.14. The van der Waals surface area contributed by atoms with Crippen LogP contribution in [0.3, 0.4) is 0 Å². The van der Waals surface area contributed by atoms with Crippen LogP contribution in [-0.4, -0.2) is 31.0 Å². The summed E-state index contributed by atoms with van der Waals surface area (Å²) >= 11 is 0. The average Bonchev–Trinajstić information content (AvgIpc) is 2.92. The van der Waals surface area contributed by atoms with E-state index in [0.717, 1.165) is 37.4 Å². The highest BCUT2D eigenvalue weighted by Gasteiger charge is 2.54. The lowest BCUT2D eigenvalue weighted by molar-refractivity contribution is -0.215. The number of aliphatic hydroxyl groups is 1. The monoisotopic (exact) mass is 398 g/mol. The normalized spacial score (nSPS) is 23.6. The van der Waals surface area contributed by atoms with Crippen LogP contribution in [0.4, 0.5) is 0 Å². The van der Waals surface area contributed by atoms with Gasteiger partial charge in [0.05, 0.1) is 11.7 Å². The topological polar surface area (TPSA) is 72.8 Å². The molecule has 1 rings (SSSR count). The summed E-state index contributed by atoms with van der Waals surface area (Å²) in [5.41, 5.74) is 0. The first-order valence-electron chi connectivity index (χ1n) is 10.6. The van der Waals surface area contributed by atoms with E-state index in [1.54, 1.807) is 0 Å². The van der Waals surface area contributed by atoms with Gasteiger partial charge in [0, 0.05) is 13.3 Å². The van der Waals surface area contributed by atoms with Crippen molar-refractivity contribution < 1.29 is 23.9 Å². The van der Waals surface area contributed by atoms with Gasteiger partial charge >= 0.3 is 5.97 Å². The first-order valence-corrected chi connectivity index (χ1v) is 13.2. The number of esters is 1. The van der Waals surface area contributed by atoms with Gasteiger partial charge in [-0.3, -0.25) is 9.59 Å². The van der Waals surface area contributed by atoms with Crippen molar-refractivity contribution in [2.45, 2.75) is 103 Å². The molecular formula is C21H38O5Si. The third kappa shape index (κ3) is 6.18. The largest absolute Gasteiger partial charge is 0.546 e. The van der Waals surface area contributed by atoms with E-state index in [-0.39, 0.29) is 6.42 Å². The van der Waals surface area contributed by atoms with Gasteiger partial charge in [-0.2, -0.15) is 0 Å². The van der Waals surface area contributed by atoms with Crippen molar-refractivity contribution in [3.8, 4) is 0 Å². The van der Waals surface area contributed by atoms with E-state index >= 15 is 0 Å². The van der Waals surface area contributed by atoms with E-state index in [4.69, 9.17) is 9.16 Å². The summed E-state index contributed by atoms with van der Waals surface area (Å²) < 4.78 is 11.7. The number of carbonyl (C=O) groups is 2. The second kappa shape index (κ2) is 11.0. The summed E-state index contributed by atoms with van der Waals surface area (Å²) in [6.07, 6.45) is 8.10. The lowest BCUT2D eigenvalue weighted by Gasteiger charge is -2.36. The van der Waals surface area contributed by atoms with Gasteiger partial charge in [-0.1, -0.05) is 47.0 Å². The Morgan fingerprint density at radius 3 is 2.33 bits per heavy atom. The van der Waals surface area contributed by atoms with Gasteiger partial charge in [0.2, 0.25) is 14.1 Å². The molecule has 1 aliphatic rings. The highest BCUT2D eigenvalue weighted by atomic mass is 28.4. The number of carbonyl (C=O) groups excluding carboxylic acids is 2. The maximum atomic E-state index is 12.3. The minimum atomic E-state index is -2.09. The van der Waals surface area contributed by atoms with E-state index in [1.165, 1.54) is 19.8 Å². The molecule has 0 aromatic rings. The van der Waals surface area contributed by atoms with Crippen molar-refractivity contribution in [3.63, 3.8) is 0 Å². The van der Waals surface area contributed by atoms with Crippen LogP contribution in [0.1, 0.15) is 79.6 Å². The summed E-state index contributed by atoms with van der Waals surface area (Å²) in [4.78, 5) is 23.9. The fraction of sp³-hybridized carbons (Fsp3) is 0.810. The number of Topliss-reactive ketones (excluding diaryl/α,β-unsaturated/α-hetero) is 1. The number of unbranched alkanes of at least 4 members (excludes halogenated alkanes) is 4. The van der Waals surface area contributed by atoms with Crippen molar-refractivity contribution in [3.05, 3.63) is 11.8 Å². The van der Waals surface area contributed by atoms with Crippen LogP contribution in [0.2, 0.25) is 18.1 Å². The number of ether oxygens (including phenoxy) is 1. The minimum absolute atomic E-state index is 0.198. The number of rotatable bonds is 12. The molecule has 0 bridgehead atoms. The number of ketones is 1. The van der Waals surface area contributed by atoms with E-state index in [1.807, 2.05) is 6.08 Å². The molecule has 0 unspecified atom stereocenters. The van der Waals surface area contributed by atoms with Crippen molar-refractivity contribution in [1.29, 1.82) is 0 Å². The molecule has 0 amide bonds. The summed E-state index contributed by atoms with van der Waals surface area (Å²) in [6.45, 7) is 9.85. The minimum Gasteiger partial charge on any atom is -0.546 e. The summed E-state index contributed by atoms with van der Waals surface area (Å²) in [6, 6.07) is 2.92. The molecule has 1 saturated carbocycles. The maximum Gasteiger partial charge on any atom is 0.305 e. The van der Waals surface area contributed by atoms with Gasteiger partial charge in [0.25, 0.3) is 5.79 Å². The zero-order chi connectivity index (χ0) is 20.5. The fourth-order valence-corrected chi connectivity index (χ4v) is 6.47. The summed E-state index contributed by atoms with van der Waals surface area (Å²) in [7, 11) is -1.98. The quantitative estimate of drug-likeness (QED) is 0.163. The van der Waals surface area contributed by atoms with Crippen LogP contribution < -0.4 is 0 Å². The van der Waals surface area contributed by atoms with Crippen LogP contribution in [0.15, 0.2) is 11.8 Å². The smallest absolute Gasteiger partial charge is 0.305 e. The number of allylic oxidation sites excluding steroid dienone is 1. The Morgan fingerprint density at radius 2 is 1.81 bits per heavy atom. The van der Waals surface area contributed by atoms with Crippen molar-refractivity contribution in [2.75, 3.05) is 0 Å². The lowest BCUT2D eigenvalue weighted by Crippen LogP contribution is -2.47. The standard InChI is InChI=1S/C21H38O5Si/c1-6-10-11-12-13-14-19(26-27(7-2,8-3)9-4)18-15-16-20(23)21(18,24)25-17(5)22/h14,18,24H,6-13,15-16H2,1-5H3/b19-14+/t18-,21-/m0/s1. The Labute approximate surface area is 165 Å². The van der Waals surface area contributed by atoms with Crippen molar-refractivity contribution in [2.24, 2.45) is 5.92 Å². The molecule has 5 nitrogen and oxygen atoms in total. The molecule has 1 N–H and O–H groups in total. The molecule has 2 atom stereocenters. The lowest BCUT2D eigenvalue weighted by atomic mass is 9.98. The molecule has 0 aromatic heterocycles. The summed E-state index contributed by atoms with van der Waals surface area (Å²) in [5, 5.41) is 10.9. The van der Waals surface area contributed by atoms with Crippen LogP contribution >= 0.6 is 0 Å². The van der Waals surface area contributed by atoms with Crippen molar-refractivity contribution in [1.82, 2.24) is 0 Å². The van der Waals surface area contributed by atoms with E-state index in [2.05, 4.69) is 27.7 Å². The predicted molar refractivity (Wildman–Crippen MR) is 110 cm³/mol. The van der Waals surface area contributed by atoms with Gasteiger partial charge in [0.15, 0.2) is 0 Å². The molecule has 0 radical (unpaired) electrons. The molecule has 1 aliphatic carbocycles. The van der Waals surface area contributed by atoms with Crippen molar-refractivity contribution >= 4 is 20.1 Å². The molecule has 0 aliphatic heterocycles. The molecular weight excluding hydrogens is 360 g/mol. The van der Waals surface area contributed by atoms with Crippen LogP contribution in [0, 0.1) is 5.92 Å². The van der Waals surface area contributed by atoms with Crippen LogP contribution in [-0.2, 0) is 18.8 Å². The Kier molecular flexibility index (Phi) is 9.74. The predicted octanol–water partition coefficient (Wildman–Crippen LogP) is 5.09. The Balaban J connectivity index is 3.13. The van der Waals surface area contributed by atoms with Gasteiger partial charge < -0.3 is 14.3 Å². The molecule has 27 heavy (non-hydrogen) atoms. The second-order valence-electron chi connectivity index (χ2n) is 7.61. The Bertz CT molecular complexity index is 518. The molecule has 0 spiro atoms. The molecule has 6 heteroatoms. The Morgan fingerprint density at radius 1 is 1.19 bits per heavy atom. The van der Waals surface area contributed by atoms with E-state index in [9.17, 15) is 14.7 Å². The zero-order valence-electron chi connectivity index (χ0n) is 17.8. The SMILES string of the molecule is CCCCCC/C=C(/O[Si](CC)(CC)CC)[C@@H]1CCC(=O)[C@@]1(O)OC(C)=O. The first kappa shape index (κ1) is 23.9. The highest BCUT2D eigenvalue weighted by molar-refractivity contribution is 6.73. The molecule has 0 aromatic carbocycles. The first-order chi connectivity index (χ1) is 12.8. The zero-order valence-corrected chi connectivity index (χ0v) is 18.8. The van der Waals surface area contributed by atoms with E-state index < -0.39 is 31.8 Å². The van der Waals surface area contributed by atoms with Gasteiger partial charge in [-0.05, 0) is 43.5 Å². The van der Waals surface area contributed by atoms with Gasteiger partial charge in [-0.15, -0.1) is 0 Å². The molecule has 156 valence electrons.